The summed E-state index contributed by atoms with van der Waals surface area (Å²) >= 11 is 4.91. The second-order valence-corrected chi connectivity index (χ2v) is 7.13. The van der Waals surface area contributed by atoms with Crippen molar-refractivity contribution in [2.75, 3.05) is 13.1 Å². The summed E-state index contributed by atoms with van der Waals surface area (Å²) < 4.78 is 1.01. The maximum absolute atomic E-state index is 12.0. The van der Waals surface area contributed by atoms with E-state index in [4.69, 9.17) is 5.11 Å². The lowest BCUT2D eigenvalue weighted by Crippen LogP contribution is -2.43. The van der Waals surface area contributed by atoms with Crippen LogP contribution in [0.4, 0.5) is 4.79 Å². The number of carbonyl (C=O) groups excluding carboxylic acids is 1. The van der Waals surface area contributed by atoms with Crippen molar-refractivity contribution in [3.63, 3.8) is 0 Å². The summed E-state index contributed by atoms with van der Waals surface area (Å²) in [6, 6.07) is 3.54. The van der Waals surface area contributed by atoms with Gasteiger partial charge in [0.2, 0.25) is 0 Å². The fourth-order valence-corrected chi connectivity index (χ4v) is 3.14. The molecule has 1 aromatic heterocycles. The Morgan fingerprint density at radius 3 is 2.74 bits per heavy atom. The Labute approximate surface area is 123 Å². The number of halogens is 1. The second kappa shape index (κ2) is 6.38. The van der Waals surface area contributed by atoms with E-state index in [1.54, 1.807) is 11.3 Å². The minimum atomic E-state index is -0.977. The van der Waals surface area contributed by atoms with Gasteiger partial charge in [-0.3, -0.25) is 4.79 Å². The monoisotopic (exact) mass is 346 g/mol. The second-order valence-electron chi connectivity index (χ2n) is 4.58. The predicted octanol–water partition coefficient (Wildman–Crippen LogP) is 2.52. The lowest BCUT2D eigenvalue weighted by molar-refractivity contribution is -0.137. The molecule has 0 aliphatic heterocycles. The molecule has 0 aromatic carbocycles. The minimum Gasteiger partial charge on any atom is -0.480 e. The number of hydrogen-bond donors (Lipinski definition) is 2. The van der Waals surface area contributed by atoms with Crippen LogP contribution in [0.2, 0.25) is 0 Å². The van der Waals surface area contributed by atoms with Gasteiger partial charge in [0.1, 0.15) is 6.54 Å². The van der Waals surface area contributed by atoms with Crippen molar-refractivity contribution in [2.24, 2.45) is 5.92 Å². The molecule has 0 radical (unpaired) electrons. The largest absolute Gasteiger partial charge is 0.480 e. The van der Waals surface area contributed by atoms with E-state index in [1.807, 2.05) is 12.1 Å². The summed E-state index contributed by atoms with van der Waals surface area (Å²) in [6.07, 6.45) is 2.17. The lowest BCUT2D eigenvalue weighted by Gasteiger charge is -2.20. The van der Waals surface area contributed by atoms with Gasteiger partial charge in [0, 0.05) is 11.4 Å². The average Bonchev–Trinajstić information content (AvgIpc) is 3.06. The van der Waals surface area contributed by atoms with Crippen LogP contribution in [0.15, 0.2) is 15.9 Å². The summed E-state index contributed by atoms with van der Waals surface area (Å²) in [6.45, 7) is 0.721. The van der Waals surface area contributed by atoms with Gasteiger partial charge in [0.25, 0.3) is 0 Å². The number of rotatable bonds is 6. The molecule has 104 valence electrons. The molecule has 1 saturated carbocycles. The molecule has 1 aliphatic carbocycles. The van der Waals surface area contributed by atoms with Gasteiger partial charge in [0.15, 0.2) is 0 Å². The third-order valence-electron chi connectivity index (χ3n) is 2.83. The molecule has 0 bridgehead atoms. The Morgan fingerprint density at radius 1 is 1.47 bits per heavy atom. The van der Waals surface area contributed by atoms with E-state index < -0.39 is 5.97 Å². The first-order valence-electron chi connectivity index (χ1n) is 6.03. The van der Waals surface area contributed by atoms with E-state index in [0.29, 0.717) is 19.0 Å². The zero-order valence-corrected chi connectivity index (χ0v) is 12.7. The first-order valence-corrected chi connectivity index (χ1v) is 7.64. The van der Waals surface area contributed by atoms with Gasteiger partial charge in [-0.15, -0.1) is 11.3 Å². The molecular weight excluding hydrogens is 332 g/mol. The van der Waals surface area contributed by atoms with E-state index in [-0.39, 0.29) is 12.6 Å². The highest BCUT2D eigenvalue weighted by molar-refractivity contribution is 9.11. The summed E-state index contributed by atoms with van der Waals surface area (Å²) in [7, 11) is 0. The van der Waals surface area contributed by atoms with Crippen LogP contribution in [0.25, 0.3) is 0 Å². The quantitative estimate of drug-likeness (QED) is 0.831. The Kier molecular flexibility index (Phi) is 4.81. The molecule has 7 heteroatoms. The van der Waals surface area contributed by atoms with Crippen LogP contribution in [-0.2, 0) is 11.3 Å². The van der Waals surface area contributed by atoms with Crippen LogP contribution >= 0.6 is 27.3 Å². The molecule has 1 aromatic rings. The third-order valence-corrected chi connectivity index (χ3v) is 4.46. The molecule has 1 aliphatic rings. The normalized spacial score (nSPS) is 14.2. The molecule has 0 saturated heterocycles. The summed E-state index contributed by atoms with van der Waals surface area (Å²) in [5.74, 6) is -0.504. The minimum absolute atomic E-state index is 0.240. The number of amides is 2. The standard InChI is InChI=1S/C12H15BrN2O3S/c13-10-4-3-9(19-10)5-14-12(18)15(7-11(16)17)6-8-1-2-8/h3-4,8H,1-2,5-7H2,(H,14,18)(H,16,17). The van der Waals surface area contributed by atoms with Crippen LogP contribution in [0, 0.1) is 5.92 Å². The van der Waals surface area contributed by atoms with Crippen molar-refractivity contribution in [1.82, 2.24) is 10.2 Å². The van der Waals surface area contributed by atoms with Crippen molar-refractivity contribution in [3.8, 4) is 0 Å². The first-order chi connectivity index (χ1) is 9.04. The lowest BCUT2D eigenvalue weighted by atomic mass is 10.3. The highest BCUT2D eigenvalue weighted by atomic mass is 79.9. The summed E-state index contributed by atoms with van der Waals surface area (Å²) in [5.41, 5.74) is 0. The Bertz CT molecular complexity index is 473. The van der Waals surface area contributed by atoms with Gasteiger partial charge in [-0.25, -0.2) is 4.79 Å². The Balaban J connectivity index is 1.85. The molecule has 2 amide bonds. The molecule has 2 N–H and O–H groups in total. The Morgan fingerprint density at radius 2 is 2.21 bits per heavy atom. The summed E-state index contributed by atoms with van der Waals surface area (Å²) in [5, 5.41) is 11.6. The number of hydrogen-bond acceptors (Lipinski definition) is 3. The Hall–Kier alpha value is -1.08. The maximum atomic E-state index is 12.0. The summed E-state index contributed by atoms with van der Waals surface area (Å²) in [4.78, 5) is 25.1. The highest BCUT2D eigenvalue weighted by Gasteiger charge is 2.27. The fraction of sp³-hybridized carbons (Fsp3) is 0.500. The molecule has 5 nitrogen and oxygen atoms in total. The molecule has 0 atom stereocenters. The van der Waals surface area contributed by atoms with Gasteiger partial charge < -0.3 is 15.3 Å². The molecule has 1 fully saturated rings. The number of carboxylic acid groups (broad SMARTS) is 1. The molecule has 0 unspecified atom stereocenters. The number of thiophene rings is 1. The van der Waals surface area contributed by atoms with Crippen molar-refractivity contribution >= 4 is 39.3 Å². The number of nitrogens with zero attached hydrogens (tertiary/aromatic N) is 1. The van der Waals surface area contributed by atoms with Gasteiger partial charge in [-0.2, -0.15) is 0 Å². The SMILES string of the molecule is O=C(O)CN(CC1CC1)C(=O)NCc1ccc(Br)s1. The van der Waals surface area contributed by atoms with Gasteiger partial charge in [-0.1, -0.05) is 0 Å². The molecule has 1 heterocycles. The van der Waals surface area contributed by atoms with Crippen molar-refractivity contribution < 1.29 is 14.7 Å². The molecule has 0 spiro atoms. The smallest absolute Gasteiger partial charge is 0.323 e. The number of carboxylic acids is 1. The zero-order valence-electron chi connectivity index (χ0n) is 10.3. The van der Waals surface area contributed by atoms with Crippen LogP contribution in [0.3, 0.4) is 0 Å². The maximum Gasteiger partial charge on any atom is 0.323 e. The van der Waals surface area contributed by atoms with E-state index in [0.717, 1.165) is 21.5 Å². The van der Waals surface area contributed by atoms with Gasteiger partial charge in [-0.05, 0) is 46.8 Å². The molecule has 2 rings (SSSR count). The number of aliphatic carboxylic acids is 1. The number of urea groups is 1. The number of carbonyl (C=O) groups is 2. The van der Waals surface area contributed by atoms with Crippen LogP contribution in [-0.4, -0.2) is 35.1 Å². The average molecular weight is 347 g/mol. The predicted molar refractivity (Wildman–Crippen MR) is 76.2 cm³/mol. The van der Waals surface area contributed by atoms with Crippen LogP contribution in [0.5, 0.6) is 0 Å². The van der Waals surface area contributed by atoms with Crippen molar-refractivity contribution in [3.05, 3.63) is 20.8 Å². The highest BCUT2D eigenvalue weighted by Crippen LogP contribution is 2.29. The third kappa shape index (κ3) is 4.83. The van der Waals surface area contributed by atoms with Crippen molar-refractivity contribution in [2.45, 2.75) is 19.4 Å². The fourth-order valence-electron chi connectivity index (χ4n) is 1.72. The first kappa shape index (κ1) is 14.3. The van der Waals surface area contributed by atoms with E-state index >= 15 is 0 Å². The number of nitrogens with one attached hydrogen (secondary N) is 1. The van der Waals surface area contributed by atoms with E-state index in [9.17, 15) is 9.59 Å². The topological polar surface area (TPSA) is 69.6 Å². The van der Waals surface area contributed by atoms with Gasteiger partial charge in [0.05, 0.1) is 10.3 Å². The van der Waals surface area contributed by atoms with E-state index in [1.165, 1.54) is 4.90 Å². The van der Waals surface area contributed by atoms with Crippen LogP contribution < -0.4 is 5.32 Å². The van der Waals surface area contributed by atoms with Gasteiger partial charge >= 0.3 is 12.0 Å². The van der Waals surface area contributed by atoms with E-state index in [2.05, 4.69) is 21.2 Å². The molecule has 19 heavy (non-hydrogen) atoms. The zero-order chi connectivity index (χ0) is 13.8. The molecular formula is C12H15BrN2O3S. The van der Waals surface area contributed by atoms with Crippen molar-refractivity contribution in [1.29, 1.82) is 0 Å². The van der Waals surface area contributed by atoms with Crippen LogP contribution in [0.1, 0.15) is 17.7 Å².